The van der Waals surface area contributed by atoms with E-state index in [1.807, 2.05) is 0 Å². The quantitative estimate of drug-likeness (QED) is 0.672. The molecule has 0 aliphatic heterocycles. The molecule has 2 rings (SSSR count). The first-order valence-corrected chi connectivity index (χ1v) is 8.26. The van der Waals surface area contributed by atoms with E-state index in [0.29, 0.717) is 5.92 Å². The van der Waals surface area contributed by atoms with Crippen molar-refractivity contribution in [3.05, 3.63) is 59.7 Å². The normalized spacial score (nSPS) is 16.6. The first-order chi connectivity index (χ1) is 7.77. The van der Waals surface area contributed by atoms with E-state index in [1.54, 1.807) is 0 Å². The zero-order valence-corrected chi connectivity index (χ0v) is 11.0. The molecule has 1 heteroatoms. The molecule has 0 nitrogen and oxygen atoms in total. The summed E-state index contributed by atoms with van der Waals surface area (Å²) in [6.07, 6.45) is 9.35. The first kappa shape index (κ1) is 11.6. The van der Waals surface area contributed by atoms with Crippen LogP contribution in [0.3, 0.4) is 0 Å². The monoisotopic (exact) mass is 230 g/mol. The van der Waals surface area contributed by atoms with Crippen LogP contribution in [0.25, 0.3) is 0 Å². The molecule has 1 aromatic rings. The Balaban J connectivity index is 2.24. The predicted molar refractivity (Wildman–Crippen MR) is 74.7 cm³/mol. The topological polar surface area (TPSA) is 0 Å². The highest BCUT2D eigenvalue weighted by atomic mass is 31.1. The Kier molecular flexibility index (Phi) is 3.96. The molecule has 0 heterocycles. The van der Waals surface area contributed by atoms with Gasteiger partial charge in [-0.2, -0.15) is 0 Å². The minimum atomic E-state index is 0.146. The standard InChI is InChI=1S/C15H19P/c1-16(2)12-15(14-10-6-7-11-14)13-8-4-3-5-9-13/h3-6,8-11,15H,7,12H2,1-2H3. The van der Waals surface area contributed by atoms with Crippen molar-refractivity contribution in [2.75, 3.05) is 19.5 Å². The zero-order chi connectivity index (χ0) is 11.4. The Bertz CT molecular complexity index is 387. The molecule has 1 aliphatic carbocycles. The van der Waals surface area contributed by atoms with Crippen molar-refractivity contribution in [2.45, 2.75) is 12.3 Å². The van der Waals surface area contributed by atoms with E-state index >= 15 is 0 Å². The van der Waals surface area contributed by atoms with Gasteiger partial charge in [0.05, 0.1) is 0 Å². The van der Waals surface area contributed by atoms with Gasteiger partial charge >= 0.3 is 0 Å². The molecular weight excluding hydrogens is 211 g/mol. The maximum atomic E-state index is 2.37. The number of rotatable bonds is 4. The van der Waals surface area contributed by atoms with E-state index < -0.39 is 0 Å². The molecule has 0 fully saturated rings. The second-order valence-electron chi connectivity index (χ2n) is 4.57. The van der Waals surface area contributed by atoms with Crippen LogP contribution in [0.4, 0.5) is 0 Å². The number of benzene rings is 1. The maximum Gasteiger partial charge on any atom is 0.0125 e. The molecule has 1 aliphatic rings. The number of allylic oxidation sites excluding steroid dienone is 4. The van der Waals surface area contributed by atoms with Gasteiger partial charge in [0.2, 0.25) is 0 Å². The third-order valence-corrected chi connectivity index (χ3v) is 4.05. The van der Waals surface area contributed by atoms with Crippen molar-refractivity contribution in [3.63, 3.8) is 0 Å². The van der Waals surface area contributed by atoms with Crippen LogP contribution in [0.2, 0.25) is 0 Å². The summed E-state index contributed by atoms with van der Waals surface area (Å²) in [6, 6.07) is 10.9. The highest BCUT2D eigenvalue weighted by Crippen LogP contribution is 2.38. The Hall–Kier alpha value is -0.870. The van der Waals surface area contributed by atoms with E-state index in [0.717, 1.165) is 6.42 Å². The Morgan fingerprint density at radius 3 is 2.50 bits per heavy atom. The van der Waals surface area contributed by atoms with Gasteiger partial charge in [-0.1, -0.05) is 48.6 Å². The van der Waals surface area contributed by atoms with Crippen molar-refractivity contribution in [1.82, 2.24) is 0 Å². The fraction of sp³-hybridized carbons (Fsp3) is 0.333. The summed E-state index contributed by atoms with van der Waals surface area (Å²) < 4.78 is 0. The van der Waals surface area contributed by atoms with Gasteiger partial charge in [0.25, 0.3) is 0 Å². The lowest BCUT2D eigenvalue weighted by Crippen LogP contribution is -2.04. The average Bonchev–Trinajstić information content (AvgIpc) is 2.80. The molecule has 1 atom stereocenters. The van der Waals surface area contributed by atoms with Crippen LogP contribution in [0.1, 0.15) is 17.9 Å². The maximum absolute atomic E-state index is 2.37. The van der Waals surface area contributed by atoms with Crippen molar-refractivity contribution in [3.8, 4) is 0 Å². The summed E-state index contributed by atoms with van der Waals surface area (Å²) in [5, 5.41) is 0. The van der Waals surface area contributed by atoms with Crippen LogP contribution in [0.15, 0.2) is 54.1 Å². The molecule has 1 aromatic carbocycles. The molecule has 0 saturated heterocycles. The highest BCUT2D eigenvalue weighted by Gasteiger charge is 2.17. The summed E-state index contributed by atoms with van der Waals surface area (Å²) in [6.45, 7) is 4.73. The van der Waals surface area contributed by atoms with E-state index in [1.165, 1.54) is 17.3 Å². The lowest BCUT2D eigenvalue weighted by Gasteiger charge is -2.20. The molecule has 0 amide bonds. The highest BCUT2D eigenvalue weighted by molar-refractivity contribution is 7.56. The second-order valence-corrected chi connectivity index (χ2v) is 7.09. The Morgan fingerprint density at radius 2 is 1.94 bits per heavy atom. The molecule has 0 N–H and O–H groups in total. The SMILES string of the molecule is CP(C)CC(C1=CCC=C1)c1ccccc1. The van der Waals surface area contributed by atoms with Crippen molar-refractivity contribution in [2.24, 2.45) is 0 Å². The Labute approximate surface area is 99.8 Å². The van der Waals surface area contributed by atoms with Crippen LogP contribution in [-0.2, 0) is 0 Å². The molecule has 0 bridgehead atoms. The Morgan fingerprint density at radius 1 is 1.19 bits per heavy atom. The molecule has 0 radical (unpaired) electrons. The second kappa shape index (κ2) is 5.46. The minimum Gasteiger partial charge on any atom is -0.112 e. The van der Waals surface area contributed by atoms with Crippen LogP contribution in [0, 0.1) is 0 Å². The first-order valence-electron chi connectivity index (χ1n) is 5.83. The summed E-state index contributed by atoms with van der Waals surface area (Å²) in [5.41, 5.74) is 2.99. The third-order valence-electron chi connectivity index (χ3n) is 2.95. The van der Waals surface area contributed by atoms with Crippen LogP contribution >= 0.6 is 7.92 Å². The molecule has 1 unspecified atom stereocenters. The van der Waals surface area contributed by atoms with Crippen LogP contribution < -0.4 is 0 Å². The van der Waals surface area contributed by atoms with Gasteiger partial charge < -0.3 is 0 Å². The van der Waals surface area contributed by atoms with Gasteiger partial charge in [-0.15, -0.1) is 7.92 Å². The number of hydrogen-bond donors (Lipinski definition) is 0. The van der Waals surface area contributed by atoms with Crippen molar-refractivity contribution >= 4 is 7.92 Å². The number of hydrogen-bond acceptors (Lipinski definition) is 0. The summed E-state index contributed by atoms with van der Waals surface area (Å²) in [5.74, 6) is 0.612. The zero-order valence-electron chi connectivity index (χ0n) is 10.1. The van der Waals surface area contributed by atoms with E-state index in [2.05, 4.69) is 61.9 Å². The molecule has 0 aromatic heterocycles. The summed E-state index contributed by atoms with van der Waals surface area (Å²) in [7, 11) is 0.146. The van der Waals surface area contributed by atoms with Crippen molar-refractivity contribution in [1.29, 1.82) is 0 Å². The van der Waals surface area contributed by atoms with Crippen LogP contribution in [0.5, 0.6) is 0 Å². The van der Waals surface area contributed by atoms with Gasteiger partial charge in [-0.05, 0) is 37.0 Å². The van der Waals surface area contributed by atoms with E-state index in [4.69, 9.17) is 0 Å². The molecule has 16 heavy (non-hydrogen) atoms. The van der Waals surface area contributed by atoms with E-state index in [9.17, 15) is 0 Å². The lowest BCUT2D eigenvalue weighted by molar-refractivity contribution is 0.931. The van der Waals surface area contributed by atoms with Gasteiger partial charge in [0, 0.05) is 5.92 Å². The summed E-state index contributed by atoms with van der Waals surface area (Å²) in [4.78, 5) is 0. The average molecular weight is 230 g/mol. The van der Waals surface area contributed by atoms with Gasteiger partial charge in [-0.3, -0.25) is 0 Å². The summed E-state index contributed by atoms with van der Waals surface area (Å²) >= 11 is 0. The largest absolute Gasteiger partial charge is 0.112 e. The van der Waals surface area contributed by atoms with Crippen molar-refractivity contribution < 1.29 is 0 Å². The molecule has 0 saturated carbocycles. The smallest absolute Gasteiger partial charge is 0.0125 e. The molecule has 0 spiro atoms. The van der Waals surface area contributed by atoms with Gasteiger partial charge in [-0.25, -0.2) is 0 Å². The van der Waals surface area contributed by atoms with Crippen LogP contribution in [-0.4, -0.2) is 19.5 Å². The molecule has 84 valence electrons. The fourth-order valence-corrected chi connectivity index (χ4v) is 3.34. The molecular formula is C15H19P. The third kappa shape index (κ3) is 2.83. The predicted octanol–water partition coefficient (Wildman–Crippen LogP) is 4.40. The van der Waals surface area contributed by atoms with Gasteiger partial charge in [0.1, 0.15) is 0 Å². The van der Waals surface area contributed by atoms with E-state index in [-0.39, 0.29) is 7.92 Å². The fourth-order valence-electron chi connectivity index (χ4n) is 2.19. The minimum absolute atomic E-state index is 0.146. The van der Waals surface area contributed by atoms with Gasteiger partial charge in [0.15, 0.2) is 0 Å². The lowest BCUT2D eigenvalue weighted by atomic mass is 9.93.